The minimum absolute atomic E-state index is 0.0242. The van der Waals surface area contributed by atoms with Crippen molar-refractivity contribution >= 4 is 16.8 Å². The predicted molar refractivity (Wildman–Crippen MR) is 141 cm³/mol. The number of likely N-dealkylation sites (tertiary alicyclic amines) is 1. The zero-order valence-electron chi connectivity index (χ0n) is 21.6. The van der Waals surface area contributed by atoms with Gasteiger partial charge in [0.15, 0.2) is 5.82 Å². The van der Waals surface area contributed by atoms with Gasteiger partial charge in [0, 0.05) is 48.2 Å². The summed E-state index contributed by atoms with van der Waals surface area (Å²) < 4.78 is 13.9. The molecule has 0 saturated carbocycles. The Hall–Kier alpha value is -3.65. The highest BCUT2D eigenvalue weighted by atomic mass is 16.5. The number of amides is 1. The van der Waals surface area contributed by atoms with Gasteiger partial charge >= 0.3 is 0 Å². The Labute approximate surface area is 216 Å². The molecule has 2 aliphatic rings. The van der Waals surface area contributed by atoms with Crippen LogP contribution >= 0.6 is 0 Å². The van der Waals surface area contributed by atoms with Crippen LogP contribution in [0, 0.1) is 0 Å². The van der Waals surface area contributed by atoms with Crippen LogP contribution in [0.3, 0.4) is 0 Å². The van der Waals surface area contributed by atoms with Crippen molar-refractivity contribution in [1.29, 1.82) is 0 Å². The maximum absolute atomic E-state index is 13.5. The van der Waals surface area contributed by atoms with Gasteiger partial charge in [-0.2, -0.15) is 4.98 Å². The smallest absolute Gasteiger partial charge is 0.271 e. The molecule has 37 heavy (non-hydrogen) atoms. The lowest BCUT2D eigenvalue weighted by molar-refractivity contribution is 0.0658. The van der Waals surface area contributed by atoms with Gasteiger partial charge in [-0.25, -0.2) is 0 Å². The van der Waals surface area contributed by atoms with Crippen molar-refractivity contribution in [2.45, 2.75) is 58.3 Å². The number of hydrogen-bond donors (Lipinski definition) is 0. The van der Waals surface area contributed by atoms with Crippen LogP contribution in [0.5, 0.6) is 5.75 Å². The molecule has 0 spiro atoms. The zero-order chi connectivity index (χ0) is 25.5. The molecule has 4 aromatic rings. The maximum atomic E-state index is 13.5. The molecule has 8 heteroatoms. The van der Waals surface area contributed by atoms with Crippen molar-refractivity contribution in [2.24, 2.45) is 0 Å². The van der Waals surface area contributed by atoms with Crippen LogP contribution in [0.25, 0.3) is 22.4 Å². The van der Waals surface area contributed by atoms with E-state index < -0.39 is 0 Å². The average molecular weight is 500 g/mol. The van der Waals surface area contributed by atoms with Crippen LogP contribution in [-0.4, -0.2) is 62.2 Å². The Morgan fingerprint density at radius 2 is 1.86 bits per heavy atom. The van der Waals surface area contributed by atoms with Crippen molar-refractivity contribution in [3.63, 3.8) is 0 Å². The molecule has 1 unspecified atom stereocenters. The number of benzene rings is 2. The van der Waals surface area contributed by atoms with Crippen molar-refractivity contribution in [3.8, 4) is 17.2 Å². The lowest BCUT2D eigenvalue weighted by Gasteiger charge is -2.34. The lowest BCUT2D eigenvalue weighted by atomic mass is 10.1. The van der Waals surface area contributed by atoms with Crippen LogP contribution < -0.4 is 4.74 Å². The van der Waals surface area contributed by atoms with Gasteiger partial charge in [-0.05, 0) is 70.0 Å². The normalized spacial score (nSPS) is 19.1. The molecule has 2 aliphatic heterocycles. The summed E-state index contributed by atoms with van der Waals surface area (Å²) in [5.41, 5.74) is 2.61. The minimum Gasteiger partial charge on any atom is -0.490 e. The average Bonchev–Trinajstić information content (AvgIpc) is 3.53. The fourth-order valence-corrected chi connectivity index (χ4v) is 5.60. The Balaban J connectivity index is 1.18. The van der Waals surface area contributed by atoms with Gasteiger partial charge in [0.2, 0.25) is 0 Å². The van der Waals surface area contributed by atoms with E-state index in [2.05, 4.69) is 52.5 Å². The molecular formula is C29H33N5O3. The summed E-state index contributed by atoms with van der Waals surface area (Å²) in [6.07, 6.45) is 2.31. The van der Waals surface area contributed by atoms with E-state index in [0.717, 1.165) is 48.1 Å². The highest BCUT2D eigenvalue weighted by Gasteiger charge is 2.32. The van der Waals surface area contributed by atoms with Crippen LogP contribution in [0.4, 0.5) is 0 Å². The predicted octanol–water partition coefficient (Wildman–Crippen LogP) is 5.16. The molecule has 0 bridgehead atoms. The van der Waals surface area contributed by atoms with E-state index in [9.17, 15) is 4.79 Å². The second kappa shape index (κ2) is 9.67. The first kappa shape index (κ1) is 23.7. The van der Waals surface area contributed by atoms with Crippen LogP contribution in [0.15, 0.2) is 59.1 Å². The first-order chi connectivity index (χ1) is 18.0. The van der Waals surface area contributed by atoms with Gasteiger partial charge in [0.1, 0.15) is 17.5 Å². The molecule has 0 radical (unpaired) electrons. The number of nitrogens with zero attached hydrogens (tertiary/aromatic N) is 5. The second-order valence-corrected chi connectivity index (χ2v) is 10.5. The molecule has 1 saturated heterocycles. The van der Waals surface area contributed by atoms with Gasteiger partial charge in [-0.3, -0.25) is 4.79 Å². The summed E-state index contributed by atoms with van der Waals surface area (Å²) >= 11 is 0. The summed E-state index contributed by atoms with van der Waals surface area (Å²) in [6, 6.07) is 18.5. The van der Waals surface area contributed by atoms with Gasteiger partial charge in [0.05, 0.1) is 6.54 Å². The molecule has 2 aromatic heterocycles. The number of aromatic nitrogens is 3. The highest BCUT2D eigenvalue weighted by molar-refractivity contribution is 6.00. The summed E-state index contributed by atoms with van der Waals surface area (Å²) in [5, 5.41) is 5.15. The maximum Gasteiger partial charge on any atom is 0.271 e. The number of carbonyl (C=O) groups excluding carboxylic acids is 1. The summed E-state index contributed by atoms with van der Waals surface area (Å²) in [4.78, 5) is 22.3. The number of ether oxygens (including phenoxy) is 1. The van der Waals surface area contributed by atoms with E-state index in [1.54, 1.807) is 4.90 Å². The van der Waals surface area contributed by atoms with Crippen molar-refractivity contribution in [1.82, 2.24) is 24.5 Å². The van der Waals surface area contributed by atoms with E-state index >= 15 is 0 Å². The molecule has 8 nitrogen and oxygen atoms in total. The molecule has 4 heterocycles. The molecule has 192 valence electrons. The number of fused-ring (bicyclic) bond motifs is 3. The standard InChI is InChI=1S/C29H33N5O3/c1-19(2)32-13-11-23(12-14-32)36-24-9-10-25-22(15-24)16-26-29(35)33(17-20(3)34(25)26)18-27-30-28(37-31-27)21-7-5-4-6-8-21/h4-10,15-16,19-20,23H,11-14,17-18H2,1-3H3. The third kappa shape index (κ3) is 4.62. The largest absolute Gasteiger partial charge is 0.490 e. The van der Waals surface area contributed by atoms with Crippen molar-refractivity contribution in [2.75, 3.05) is 19.6 Å². The van der Waals surface area contributed by atoms with Gasteiger partial charge in [0.25, 0.3) is 11.8 Å². The monoisotopic (exact) mass is 499 g/mol. The molecule has 1 amide bonds. The molecule has 1 fully saturated rings. The van der Waals surface area contributed by atoms with E-state index in [1.807, 2.05) is 42.5 Å². The number of rotatable bonds is 6. The van der Waals surface area contributed by atoms with E-state index in [4.69, 9.17) is 9.26 Å². The van der Waals surface area contributed by atoms with Gasteiger partial charge in [-0.15, -0.1) is 0 Å². The summed E-state index contributed by atoms with van der Waals surface area (Å²) in [5.74, 6) is 1.81. The van der Waals surface area contributed by atoms with Crippen molar-refractivity contribution < 1.29 is 14.1 Å². The lowest BCUT2D eigenvalue weighted by Crippen LogP contribution is -2.41. The minimum atomic E-state index is -0.0242. The van der Waals surface area contributed by atoms with Gasteiger partial charge in [-0.1, -0.05) is 23.4 Å². The van der Waals surface area contributed by atoms with Crippen LogP contribution in [0.1, 0.15) is 56.0 Å². The molecule has 1 atom stereocenters. The second-order valence-electron chi connectivity index (χ2n) is 10.5. The van der Waals surface area contributed by atoms with E-state index in [0.29, 0.717) is 36.5 Å². The fourth-order valence-electron chi connectivity index (χ4n) is 5.60. The Morgan fingerprint density at radius 1 is 1.08 bits per heavy atom. The molecule has 2 aromatic carbocycles. The zero-order valence-corrected chi connectivity index (χ0v) is 21.6. The highest BCUT2D eigenvalue weighted by Crippen LogP contribution is 2.33. The Bertz CT molecular complexity index is 1400. The van der Waals surface area contributed by atoms with E-state index in [1.165, 1.54) is 0 Å². The topological polar surface area (TPSA) is 76.6 Å². The van der Waals surface area contributed by atoms with Gasteiger partial charge < -0.3 is 23.6 Å². The summed E-state index contributed by atoms with van der Waals surface area (Å²) in [6.45, 7) is 9.67. The Kier molecular flexibility index (Phi) is 6.20. The SMILES string of the molecule is CC(C)N1CCC(Oc2ccc3c(c2)cc2n3C(C)CN(Cc3noc(-c4ccccc4)n3)C2=O)CC1. The first-order valence-corrected chi connectivity index (χ1v) is 13.2. The number of piperidine rings is 1. The molecule has 6 rings (SSSR count). The molecule has 0 N–H and O–H groups in total. The molecular weight excluding hydrogens is 466 g/mol. The van der Waals surface area contributed by atoms with Crippen molar-refractivity contribution in [3.05, 3.63) is 66.1 Å². The van der Waals surface area contributed by atoms with Crippen LogP contribution in [-0.2, 0) is 6.54 Å². The van der Waals surface area contributed by atoms with E-state index in [-0.39, 0.29) is 18.1 Å². The Morgan fingerprint density at radius 3 is 2.62 bits per heavy atom. The van der Waals surface area contributed by atoms with Crippen LogP contribution in [0.2, 0.25) is 0 Å². The number of carbonyl (C=O) groups is 1. The third-order valence-corrected chi connectivity index (χ3v) is 7.57. The summed E-state index contributed by atoms with van der Waals surface area (Å²) in [7, 11) is 0. The fraction of sp³-hybridized carbons (Fsp3) is 0.414. The molecule has 0 aliphatic carbocycles. The quantitative estimate of drug-likeness (QED) is 0.365. The number of hydrogen-bond acceptors (Lipinski definition) is 6. The third-order valence-electron chi connectivity index (χ3n) is 7.57. The first-order valence-electron chi connectivity index (χ1n) is 13.2.